The van der Waals surface area contributed by atoms with E-state index in [9.17, 15) is 0 Å². The normalized spacial score (nSPS) is 21.3. The number of halogens is 1. The number of quaternary nitrogens is 1. The van der Waals surface area contributed by atoms with Crippen molar-refractivity contribution < 1.29 is 24.1 Å². The molecule has 126 valence electrons. The van der Waals surface area contributed by atoms with E-state index in [0.717, 1.165) is 40.3 Å². The molecule has 0 saturated carbocycles. The third-order valence-electron chi connectivity index (χ3n) is 4.59. The van der Waals surface area contributed by atoms with Crippen LogP contribution in [0.3, 0.4) is 0 Å². The summed E-state index contributed by atoms with van der Waals surface area (Å²) in [7, 11) is 3.87. The average molecular weight is 394 g/mol. The van der Waals surface area contributed by atoms with Crippen LogP contribution in [0, 0.1) is 0 Å². The van der Waals surface area contributed by atoms with Gasteiger partial charge in [-0.2, -0.15) is 0 Å². The summed E-state index contributed by atoms with van der Waals surface area (Å²) < 4.78 is 17.9. The summed E-state index contributed by atoms with van der Waals surface area (Å²) in [5.74, 6) is 3.21. The Kier molecular flexibility index (Phi) is 3.97. The fourth-order valence-corrected chi connectivity index (χ4v) is 3.62. The molecule has 0 saturated heterocycles. The molecule has 1 unspecified atom stereocenters. The predicted octanol–water partition coefficient (Wildman–Crippen LogP) is 1.18. The Morgan fingerprint density at radius 2 is 2.25 bits per heavy atom. The van der Waals surface area contributed by atoms with Gasteiger partial charge in [0.15, 0.2) is 11.5 Å². The maximum atomic E-state index is 5.71. The Labute approximate surface area is 148 Å². The third kappa shape index (κ3) is 2.57. The lowest BCUT2D eigenvalue weighted by molar-refractivity contribution is -0.910. The summed E-state index contributed by atoms with van der Waals surface area (Å²) in [4.78, 5) is 4.63. The minimum absolute atomic E-state index is 0.0654. The minimum Gasteiger partial charge on any atom is -0.492 e. The lowest BCUT2D eigenvalue weighted by Gasteiger charge is -2.30. The van der Waals surface area contributed by atoms with Crippen LogP contribution >= 0.6 is 15.9 Å². The van der Waals surface area contributed by atoms with Crippen LogP contribution in [0.15, 0.2) is 28.9 Å². The van der Waals surface area contributed by atoms with Gasteiger partial charge in [-0.15, -0.1) is 0 Å². The monoisotopic (exact) mass is 393 g/mol. The highest BCUT2D eigenvalue weighted by Crippen LogP contribution is 2.47. The Hall–Kier alpha value is -1.99. The molecule has 2 atom stereocenters. The van der Waals surface area contributed by atoms with Gasteiger partial charge >= 0.3 is 0 Å². The number of likely N-dealkylation sites (N-methyl/N-ethyl adjacent to an activating group) is 1. The van der Waals surface area contributed by atoms with Gasteiger partial charge < -0.3 is 14.2 Å². The molecule has 7 heteroatoms. The molecule has 1 aromatic heterocycles. The van der Waals surface area contributed by atoms with E-state index in [-0.39, 0.29) is 13.0 Å². The van der Waals surface area contributed by atoms with E-state index in [0.29, 0.717) is 5.75 Å². The molecule has 0 radical (unpaired) electrons. The minimum atomic E-state index is 0.0654. The number of aromatic nitrogens is 1. The van der Waals surface area contributed by atoms with Gasteiger partial charge in [-0.3, -0.25) is 4.90 Å². The zero-order chi connectivity index (χ0) is 16.7. The Bertz CT molecular complexity index is 767. The number of anilines is 1. The number of pyridine rings is 1. The molecule has 3 N–H and O–H groups in total. The van der Waals surface area contributed by atoms with Crippen LogP contribution in [0.1, 0.15) is 17.3 Å². The van der Waals surface area contributed by atoms with Gasteiger partial charge in [-0.25, -0.2) is 10.3 Å². The second-order valence-electron chi connectivity index (χ2n) is 6.06. The molecule has 2 aromatic rings. The van der Waals surface area contributed by atoms with Gasteiger partial charge in [0.1, 0.15) is 11.8 Å². The van der Waals surface area contributed by atoms with Crippen LogP contribution in [0.2, 0.25) is 0 Å². The van der Waals surface area contributed by atoms with E-state index in [4.69, 9.17) is 14.2 Å². The first-order valence-corrected chi connectivity index (χ1v) is 8.72. The summed E-state index contributed by atoms with van der Waals surface area (Å²) in [6.07, 6.45) is 2.96. The molecule has 4 rings (SSSR count). The molecular formula is C17H20BrN3O3+2. The second kappa shape index (κ2) is 6.14. The molecule has 2 aliphatic heterocycles. The van der Waals surface area contributed by atoms with Gasteiger partial charge in [0, 0.05) is 12.5 Å². The van der Waals surface area contributed by atoms with Crippen LogP contribution in [-0.4, -0.2) is 27.5 Å². The molecule has 1 aromatic carbocycles. The van der Waals surface area contributed by atoms with Gasteiger partial charge in [0.25, 0.3) is 12.0 Å². The standard InChI is InChI=1S/C17H18BrN3O3/c1-21-6-5-10-7-12-15(24-9-23-12)16(22-2)14(10)17(21)20-13-4-3-11(18)8-19-13/h3-4,7-8,17H,5-6,9H2,1-2H3,(H,19,20)/p+2/t17-/m0/s1. The van der Waals surface area contributed by atoms with Crippen molar-refractivity contribution in [3.63, 3.8) is 0 Å². The first-order chi connectivity index (χ1) is 11.7. The molecule has 3 heterocycles. The Morgan fingerprint density at radius 1 is 1.38 bits per heavy atom. The summed E-state index contributed by atoms with van der Waals surface area (Å²) >= 11 is 3.45. The summed E-state index contributed by atoms with van der Waals surface area (Å²) in [5, 5.41) is 3.59. The Morgan fingerprint density at radius 3 is 3.00 bits per heavy atom. The number of hydrogen-bond acceptors (Lipinski definition) is 4. The van der Waals surface area contributed by atoms with Crippen LogP contribution in [0.25, 0.3) is 0 Å². The van der Waals surface area contributed by atoms with Crippen molar-refractivity contribution in [3.8, 4) is 17.2 Å². The van der Waals surface area contributed by atoms with Crippen LogP contribution in [-0.2, 0) is 6.42 Å². The molecule has 0 aliphatic carbocycles. The quantitative estimate of drug-likeness (QED) is 0.821. The Balaban J connectivity index is 1.78. The van der Waals surface area contributed by atoms with Gasteiger partial charge in [-0.05, 0) is 33.6 Å². The highest BCUT2D eigenvalue weighted by atomic mass is 79.9. The van der Waals surface area contributed by atoms with Crippen LogP contribution in [0.5, 0.6) is 17.2 Å². The SMILES string of the molecule is COc1c2c(cc3c1[C@@H](Nc1ccc(Br)c[nH+]1)[NH+](C)CC3)OCO2. The van der Waals surface area contributed by atoms with Crippen LogP contribution in [0.4, 0.5) is 5.82 Å². The number of hydrogen-bond donors (Lipinski definition) is 2. The molecule has 0 fully saturated rings. The molecule has 6 nitrogen and oxygen atoms in total. The van der Waals surface area contributed by atoms with E-state index in [2.05, 4.69) is 39.3 Å². The maximum Gasteiger partial charge on any atom is 0.277 e. The first-order valence-electron chi connectivity index (χ1n) is 7.93. The third-order valence-corrected chi connectivity index (χ3v) is 5.09. The topological polar surface area (TPSA) is 58.3 Å². The first kappa shape index (κ1) is 15.5. The van der Waals surface area contributed by atoms with E-state index >= 15 is 0 Å². The number of rotatable bonds is 3. The number of methoxy groups -OCH3 is 1. The fraction of sp³-hybridized carbons (Fsp3) is 0.353. The second-order valence-corrected chi connectivity index (χ2v) is 6.98. The van der Waals surface area contributed by atoms with Crippen molar-refractivity contribution in [1.29, 1.82) is 0 Å². The molecule has 0 bridgehead atoms. The van der Waals surface area contributed by atoms with Gasteiger partial charge in [0.2, 0.25) is 12.5 Å². The van der Waals surface area contributed by atoms with Crippen molar-refractivity contribution in [2.75, 3.05) is 32.8 Å². The molecule has 24 heavy (non-hydrogen) atoms. The maximum absolute atomic E-state index is 5.71. The number of H-pyrrole nitrogens is 1. The highest BCUT2D eigenvalue weighted by molar-refractivity contribution is 9.10. The lowest BCUT2D eigenvalue weighted by Crippen LogP contribution is -3.11. The van der Waals surface area contributed by atoms with E-state index in [1.54, 1.807) is 7.11 Å². The molecule has 2 aliphatic rings. The molecule has 0 spiro atoms. The van der Waals surface area contributed by atoms with Crippen molar-refractivity contribution in [2.45, 2.75) is 12.6 Å². The summed E-state index contributed by atoms with van der Waals surface area (Å²) in [5.41, 5.74) is 2.39. The number of nitrogens with one attached hydrogen (secondary N) is 3. The van der Waals surface area contributed by atoms with Crippen molar-refractivity contribution in [1.82, 2.24) is 0 Å². The molecule has 0 amide bonds. The zero-order valence-corrected chi connectivity index (χ0v) is 15.2. The largest absolute Gasteiger partial charge is 0.492 e. The lowest BCUT2D eigenvalue weighted by atomic mass is 9.95. The van der Waals surface area contributed by atoms with Crippen molar-refractivity contribution >= 4 is 21.7 Å². The van der Waals surface area contributed by atoms with E-state index < -0.39 is 0 Å². The predicted molar refractivity (Wildman–Crippen MR) is 91.6 cm³/mol. The van der Waals surface area contributed by atoms with Gasteiger partial charge in [-0.1, -0.05) is 0 Å². The summed E-state index contributed by atoms with van der Waals surface area (Å²) in [6.45, 7) is 1.28. The summed E-state index contributed by atoms with van der Waals surface area (Å²) in [6, 6.07) is 6.12. The fourth-order valence-electron chi connectivity index (χ4n) is 3.37. The highest BCUT2D eigenvalue weighted by Gasteiger charge is 2.39. The smallest absolute Gasteiger partial charge is 0.277 e. The average Bonchev–Trinajstić information content (AvgIpc) is 3.05. The number of fused-ring (bicyclic) bond motifs is 2. The zero-order valence-electron chi connectivity index (χ0n) is 13.6. The van der Waals surface area contributed by atoms with Crippen molar-refractivity contribution in [3.05, 3.63) is 40.0 Å². The number of ether oxygens (including phenoxy) is 3. The van der Waals surface area contributed by atoms with E-state index in [1.807, 2.05) is 18.3 Å². The number of aromatic amines is 1. The van der Waals surface area contributed by atoms with Crippen molar-refractivity contribution in [2.24, 2.45) is 0 Å². The number of benzene rings is 1. The van der Waals surface area contributed by atoms with Gasteiger partial charge in [0.05, 0.1) is 25.2 Å². The molecular weight excluding hydrogens is 374 g/mol. The van der Waals surface area contributed by atoms with E-state index in [1.165, 1.54) is 10.5 Å². The van der Waals surface area contributed by atoms with Crippen LogP contribution < -0.4 is 29.4 Å².